The standard InChI is InChI=1S/C23H25N3O3/c1-28-18-12-16(13-19(14-18)29-2)9-10-22(27)26-11-5-6-17(15-26)23-24-20-7-3-4-8-21(20)25-23/h3-4,7-10,12-14,17H,5-6,11,15H2,1-2H3,(H,24,25)/b10-9+. The minimum atomic E-state index is 0.00704. The second kappa shape index (κ2) is 8.39. The molecule has 1 fully saturated rings. The molecule has 1 aliphatic rings. The largest absolute Gasteiger partial charge is 0.497 e. The number of carbonyl (C=O) groups is 1. The first kappa shape index (κ1) is 19.1. The molecule has 1 aromatic heterocycles. The molecule has 1 amide bonds. The maximum atomic E-state index is 12.8. The number of piperidine rings is 1. The van der Waals surface area contributed by atoms with Crippen molar-refractivity contribution in [3.63, 3.8) is 0 Å². The first-order chi connectivity index (χ1) is 14.2. The summed E-state index contributed by atoms with van der Waals surface area (Å²) in [6.07, 6.45) is 5.42. The zero-order chi connectivity index (χ0) is 20.2. The zero-order valence-electron chi connectivity index (χ0n) is 16.7. The monoisotopic (exact) mass is 391 g/mol. The second-order valence-corrected chi connectivity index (χ2v) is 7.24. The summed E-state index contributed by atoms with van der Waals surface area (Å²) in [5, 5.41) is 0. The van der Waals surface area contributed by atoms with Gasteiger partial charge in [-0.25, -0.2) is 4.98 Å². The van der Waals surface area contributed by atoms with Crippen molar-refractivity contribution in [2.45, 2.75) is 18.8 Å². The van der Waals surface area contributed by atoms with E-state index in [0.29, 0.717) is 18.0 Å². The molecule has 2 heterocycles. The first-order valence-corrected chi connectivity index (χ1v) is 9.81. The minimum absolute atomic E-state index is 0.00704. The number of carbonyl (C=O) groups excluding carboxylic acids is 1. The third-order valence-corrected chi connectivity index (χ3v) is 5.32. The van der Waals surface area contributed by atoms with Crippen LogP contribution in [0.15, 0.2) is 48.5 Å². The SMILES string of the molecule is COc1cc(/C=C/C(=O)N2CCCC(c3nc4ccccc4[nH]3)C2)cc(OC)c1. The minimum Gasteiger partial charge on any atom is -0.497 e. The number of aromatic amines is 1. The fourth-order valence-electron chi connectivity index (χ4n) is 3.76. The number of nitrogens with one attached hydrogen (secondary N) is 1. The Hall–Kier alpha value is -3.28. The van der Waals surface area contributed by atoms with Gasteiger partial charge in [-0.1, -0.05) is 12.1 Å². The lowest BCUT2D eigenvalue weighted by atomic mass is 9.97. The third-order valence-electron chi connectivity index (χ3n) is 5.32. The average Bonchev–Trinajstić information content (AvgIpc) is 3.21. The summed E-state index contributed by atoms with van der Waals surface area (Å²) < 4.78 is 10.6. The number of H-pyrrole nitrogens is 1. The van der Waals surface area contributed by atoms with Crippen molar-refractivity contribution in [3.8, 4) is 11.5 Å². The normalized spacial score (nSPS) is 17.0. The van der Waals surface area contributed by atoms with Crippen LogP contribution in [0.4, 0.5) is 0 Å². The number of likely N-dealkylation sites (tertiary alicyclic amines) is 1. The van der Waals surface area contributed by atoms with E-state index in [-0.39, 0.29) is 11.8 Å². The lowest BCUT2D eigenvalue weighted by Gasteiger charge is -2.31. The van der Waals surface area contributed by atoms with Crippen LogP contribution in [-0.2, 0) is 4.79 Å². The Balaban J connectivity index is 1.46. The number of aromatic nitrogens is 2. The van der Waals surface area contributed by atoms with Crippen LogP contribution in [0.1, 0.15) is 30.1 Å². The molecule has 4 rings (SSSR count). The first-order valence-electron chi connectivity index (χ1n) is 9.81. The van der Waals surface area contributed by atoms with Crippen molar-refractivity contribution in [1.29, 1.82) is 0 Å². The van der Waals surface area contributed by atoms with Crippen molar-refractivity contribution >= 4 is 23.0 Å². The van der Waals surface area contributed by atoms with Crippen LogP contribution < -0.4 is 9.47 Å². The summed E-state index contributed by atoms with van der Waals surface area (Å²) in [6, 6.07) is 13.6. The molecule has 0 saturated carbocycles. The van der Waals surface area contributed by atoms with Crippen LogP contribution in [-0.4, -0.2) is 48.1 Å². The van der Waals surface area contributed by atoms with Gasteiger partial charge >= 0.3 is 0 Å². The molecule has 29 heavy (non-hydrogen) atoms. The van der Waals surface area contributed by atoms with E-state index in [1.807, 2.05) is 47.4 Å². The molecule has 1 aliphatic heterocycles. The fraction of sp³-hybridized carbons (Fsp3) is 0.304. The second-order valence-electron chi connectivity index (χ2n) is 7.24. The van der Waals surface area contributed by atoms with E-state index in [4.69, 9.17) is 14.5 Å². The van der Waals surface area contributed by atoms with E-state index in [2.05, 4.69) is 4.98 Å². The molecule has 2 aromatic carbocycles. The smallest absolute Gasteiger partial charge is 0.246 e. The molecule has 6 nitrogen and oxygen atoms in total. The van der Waals surface area contributed by atoms with Crippen LogP contribution >= 0.6 is 0 Å². The van der Waals surface area contributed by atoms with Gasteiger partial charge in [0, 0.05) is 31.1 Å². The summed E-state index contributed by atoms with van der Waals surface area (Å²) >= 11 is 0. The average molecular weight is 391 g/mol. The quantitative estimate of drug-likeness (QED) is 0.668. The van der Waals surface area contributed by atoms with Crippen molar-refractivity contribution in [3.05, 3.63) is 59.9 Å². The molecule has 1 atom stereocenters. The number of amides is 1. The van der Waals surface area contributed by atoms with Gasteiger partial charge in [0.1, 0.15) is 17.3 Å². The lowest BCUT2D eigenvalue weighted by molar-refractivity contribution is -0.127. The van der Waals surface area contributed by atoms with E-state index in [1.165, 1.54) is 0 Å². The number of rotatable bonds is 5. The summed E-state index contributed by atoms with van der Waals surface area (Å²) in [6.45, 7) is 1.44. The fourth-order valence-corrected chi connectivity index (χ4v) is 3.76. The number of hydrogen-bond acceptors (Lipinski definition) is 4. The third kappa shape index (κ3) is 4.26. The molecule has 0 radical (unpaired) electrons. The van der Waals surface area contributed by atoms with Crippen molar-refractivity contribution in [2.75, 3.05) is 27.3 Å². The summed E-state index contributed by atoms with van der Waals surface area (Å²) in [7, 11) is 3.22. The number of imidazole rings is 1. The molecular formula is C23H25N3O3. The summed E-state index contributed by atoms with van der Waals surface area (Å²) in [4.78, 5) is 22.8. The molecule has 150 valence electrons. The summed E-state index contributed by atoms with van der Waals surface area (Å²) in [5.74, 6) is 2.59. The van der Waals surface area contributed by atoms with Gasteiger partial charge in [-0.3, -0.25) is 4.79 Å². The highest BCUT2D eigenvalue weighted by molar-refractivity contribution is 5.92. The number of methoxy groups -OCH3 is 2. The maximum absolute atomic E-state index is 12.8. The predicted octanol–water partition coefficient (Wildman–Crippen LogP) is 4.00. The van der Waals surface area contributed by atoms with Crippen molar-refractivity contribution in [2.24, 2.45) is 0 Å². The molecule has 0 aliphatic carbocycles. The Kier molecular flexibility index (Phi) is 5.51. The summed E-state index contributed by atoms with van der Waals surface area (Å²) in [5.41, 5.74) is 2.87. The van der Waals surface area contributed by atoms with E-state index >= 15 is 0 Å². The lowest BCUT2D eigenvalue weighted by Crippen LogP contribution is -2.38. The molecule has 3 aromatic rings. The highest BCUT2D eigenvalue weighted by Gasteiger charge is 2.25. The molecule has 1 N–H and O–H groups in total. The van der Waals surface area contributed by atoms with Crippen LogP contribution in [0.5, 0.6) is 11.5 Å². The van der Waals surface area contributed by atoms with Gasteiger partial charge in [-0.15, -0.1) is 0 Å². The molecular weight excluding hydrogens is 366 g/mol. The number of ether oxygens (including phenoxy) is 2. The Morgan fingerprint density at radius 2 is 1.93 bits per heavy atom. The maximum Gasteiger partial charge on any atom is 0.246 e. The van der Waals surface area contributed by atoms with Gasteiger partial charge in [0.2, 0.25) is 5.91 Å². The molecule has 1 saturated heterocycles. The van der Waals surface area contributed by atoms with Gasteiger partial charge in [0.15, 0.2) is 0 Å². The van der Waals surface area contributed by atoms with Crippen molar-refractivity contribution in [1.82, 2.24) is 14.9 Å². The number of fused-ring (bicyclic) bond motifs is 1. The van der Waals surface area contributed by atoms with Crippen LogP contribution in [0.25, 0.3) is 17.1 Å². The predicted molar refractivity (Wildman–Crippen MR) is 113 cm³/mol. The molecule has 6 heteroatoms. The highest BCUT2D eigenvalue weighted by Crippen LogP contribution is 2.27. The Morgan fingerprint density at radius 1 is 1.17 bits per heavy atom. The molecule has 0 bridgehead atoms. The van der Waals surface area contributed by atoms with Gasteiger partial charge in [-0.2, -0.15) is 0 Å². The van der Waals surface area contributed by atoms with Crippen LogP contribution in [0.2, 0.25) is 0 Å². The molecule has 1 unspecified atom stereocenters. The van der Waals surface area contributed by atoms with Crippen LogP contribution in [0, 0.1) is 0 Å². The van der Waals surface area contributed by atoms with Gasteiger partial charge in [0.25, 0.3) is 0 Å². The Bertz CT molecular complexity index is 986. The van der Waals surface area contributed by atoms with Gasteiger partial charge in [0.05, 0.1) is 25.3 Å². The number of para-hydroxylation sites is 2. The highest BCUT2D eigenvalue weighted by atomic mass is 16.5. The van der Waals surface area contributed by atoms with Gasteiger partial charge in [-0.05, 0) is 48.7 Å². The number of hydrogen-bond donors (Lipinski definition) is 1. The number of benzene rings is 2. The topological polar surface area (TPSA) is 67.5 Å². The Labute approximate surface area is 170 Å². The van der Waals surface area contributed by atoms with E-state index < -0.39 is 0 Å². The Morgan fingerprint density at radius 3 is 2.66 bits per heavy atom. The zero-order valence-corrected chi connectivity index (χ0v) is 16.7. The van der Waals surface area contributed by atoms with Crippen LogP contribution in [0.3, 0.4) is 0 Å². The molecule has 0 spiro atoms. The van der Waals surface area contributed by atoms with Gasteiger partial charge < -0.3 is 19.4 Å². The van der Waals surface area contributed by atoms with Crippen molar-refractivity contribution < 1.29 is 14.3 Å². The number of nitrogens with zero attached hydrogens (tertiary/aromatic N) is 2. The van der Waals surface area contributed by atoms with E-state index in [0.717, 1.165) is 41.8 Å². The van der Waals surface area contributed by atoms with E-state index in [9.17, 15) is 4.79 Å². The van der Waals surface area contributed by atoms with E-state index in [1.54, 1.807) is 26.4 Å².